The minimum absolute atomic E-state index is 0.0101. The van der Waals surface area contributed by atoms with Gasteiger partial charge in [0.05, 0.1) is 24.9 Å². The third kappa shape index (κ3) is 4.42. The van der Waals surface area contributed by atoms with Crippen molar-refractivity contribution < 1.29 is 19.4 Å². The summed E-state index contributed by atoms with van der Waals surface area (Å²) in [7, 11) is 0. The van der Waals surface area contributed by atoms with Gasteiger partial charge in [0.1, 0.15) is 12.2 Å². The van der Waals surface area contributed by atoms with Gasteiger partial charge in [0.2, 0.25) is 0 Å². The van der Waals surface area contributed by atoms with Gasteiger partial charge in [0, 0.05) is 13.1 Å². The summed E-state index contributed by atoms with van der Waals surface area (Å²) < 4.78 is 6.78. The molecule has 2 rings (SSSR count). The van der Waals surface area contributed by atoms with Crippen LogP contribution in [0.25, 0.3) is 0 Å². The summed E-state index contributed by atoms with van der Waals surface area (Å²) in [5.74, 6) is -0.994. The number of morpholine rings is 1. The van der Waals surface area contributed by atoms with Crippen molar-refractivity contribution in [1.82, 2.24) is 25.2 Å². The summed E-state index contributed by atoms with van der Waals surface area (Å²) >= 11 is 0. The number of nitrogens with one attached hydrogen (secondary N) is 1. The highest BCUT2D eigenvalue weighted by atomic mass is 16.5. The quantitative estimate of drug-likeness (QED) is 0.788. The van der Waals surface area contributed by atoms with Gasteiger partial charge in [0.25, 0.3) is 0 Å². The smallest absolute Gasteiger partial charge is 0.325 e. The van der Waals surface area contributed by atoms with Crippen molar-refractivity contribution in [2.75, 3.05) is 13.1 Å². The van der Waals surface area contributed by atoms with Crippen molar-refractivity contribution in [1.29, 1.82) is 0 Å². The van der Waals surface area contributed by atoms with Crippen LogP contribution in [0.15, 0.2) is 6.20 Å². The molecule has 9 heteroatoms. The number of aliphatic carboxylic acids is 1. The van der Waals surface area contributed by atoms with Crippen molar-refractivity contribution >= 4 is 12.0 Å². The van der Waals surface area contributed by atoms with Gasteiger partial charge in [-0.15, -0.1) is 5.10 Å². The second-order valence-corrected chi connectivity index (χ2v) is 5.12. The number of nitrogens with zero attached hydrogens (tertiary/aromatic N) is 4. The average Bonchev–Trinajstić information content (AvgIpc) is 2.81. The fraction of sp³-hybridized carbons (Fsp3) is 0.667. The molecule has 0 bridgehead atoms. The highest BCUT2D eigenvalue weighted by Gasteiger charge is 2.25. The predicted molar refractivity (Wildman–Crippen MR) is 71.5 cm³/mol. The van der Waals surface area contributed by atoms with Crippen LogP contribution in [0, 0.1) is 0 Å². The molecule has 116 valence electrons. The van der Waals surface area contributed by atoms with Crippen LogP contribution in [0.5, 0.6) is 0 Å². The number of carbonyl (C=O) groups is 2. The SMILES string of the molecule is CC1CN(C(=O)NCc2cn(CC(=O)O)nn2)CC(C)O1. The molecule has 21 heavy (non-hydrogen) atoms. The highest BCUT2D eigenvalue weighted by molar-refractivity contribution is 5.74. The Kier molecular flexibility index (Phi) is 4.73. The third-order valence-electron chi connectivity index (χ3n) is 3.01. The van der Waals surface area contributed by atoms with Crippen LogP contribution >= 0.6 is 0 Å². The van der Waals surface area contributed by atoms with E-state index in [1.54, 1.807) is 4.90 Å². The second kappa shape index (κ2) is 6.53. The topological polar surface area (TPSA) is 110 Å². The largest absolute Gasteiger partial charge is 0.480 e. The number of rotatable bonds is 4. The zero-order valence-corrected chi connectivity index (χ0v) is 12.0. The van der Waals surface area contributed by atoms with Crippen LogP contribution in [0.4, 0.5) is 4.79 Å². The van der Waals surface area contributed by atoms with Gasteiger partial charge in [-0.3, -0.25) is 4.79 Å². The third-order valence-corrected chi connectivity index (χ3v) is 3.01. The standard InChI is InChI=1S/C12H19N5O4/c1-8-4-16(5-9(2)21-8)12(20)13-3-10-6-17(15-14-10)7-11(18)19/h6,8-9H,3-5,7H2,1-2H3,(H,13,20)(H,18,19). The summed E-state index contributed by atoms with van der Waals surface area (Å²) in [6.07, 6.45) is 1.52. The number of hydrogen-bond donors (Lipinski definition) is 2. The van der Waals surface area contributed by atoms with E-state index in [1.807, 2.05) is 13.8 Å². The Labute approximate surface area is 121 Å². The zero-order chi connectivity index (χ0) is 15.4. The molecule has 2 heterocycles. The van der Waals surface area contributed by atoms with Crippen LogP contribution in [0.3, 0.4) is 0 Å². The monoisotopic (exact) mass is 297 g/mol. The van der Waals surface area contributed by atoms with E-state index in [0.717, 1.165) is 0 Å². The van der Waals surface area contributed by atoms with E-state index in [0.29, 0.717) is 18.8 Å². The summed E-state index contributed by atoms with van der Waals surface area (Å²) in [6.45, 7) is 4.89. The predicted octanol–water partition coefficient (Wildman–Crippen LogP) is -0.318. The molecule has 2 amide bonds. The fourth-order valence-corrected chi connectivity index (χ4v) is 2.26. The van der Waals surface area contributed by atoms with Crippen LogP contribution < -0.4 is 5.32 Å². The Balaban J connectivity index is 1.83. The van der Waals surface area contributed by atoms with E-state index < -0.39 is 5.97 Å². The molecule has 9 nitrogen and oxygen atoms in total. The number of carboxylic acids is 1. The van der Waals surface area contributed by atoms with Gasteiger partial charge >= 0.3 is 12.0 Å². The molecular formula is C12H19N5O4. The Morgan fingerprint density at radius 2 is 2.10 bits per heavy atom. The molecule has 1 saturated heterocycles. The van der Waals surface area contributed by atoms with E-state index in [-0.39, 0.29) is 31.3 Å². The van der Waals surface area contributed by atoms with E-state index in [1.165, 1.54) is 10.9 Å². The number of aromatic nitrogens is 3. The molecule has 0 aromatic carbocycles. The Morgan fingerprint density at radius 3 is 2.71 bits per heavy atom. The first kappa shape index (κ1) is 15.2. The van der Waals surface area contributed by atoms with E-state index in [2.05, 4.69) is 15.6 Å². The minimum Gasteiger partial charge on any atom is -0.480 e. The van der Waals surface area contributed by atoms with Crippen LogP contribution in [-0.2, 0) is 22.6 Å². The van der Waals surface area contributed by atoms with E-state index >= 15 is 0 Å². The van der Waals surface area contributed by atoms with Crippen molar-refractivity contribution in [3.8, 4) is 0 Å². The Hall–Kier alpha value is -2.16. The maximum absolute atomic E-state index is 12.1. The molecule has 1 fully saturated rings. The number of amides is 2. The van der Waals surface area contributed by atoms with Gasteiger partial charge in [-0.05, 0) is 13.8 Å². The van der Waals surface area contributed by atoms with Gasteiger partial charge < -0.3 is 20.1 Å². The van der Waals surface area contributed by atoms with Crippen molar-refractivity contribution in [2.45, 2.75) is 39.1 Å². The van der Waals surface area contributed by atoms with Crippen molar-refractivity contribution in [2.24, 2.45) is 0 Å². The van der Waals surface area contributed by atoms with Crippen molar-refractivity contribution in [3.63, 3.8) is 0 Å². The van der Waals surface area contributed by atoms with Crippen molar-refractivity contribution in [3.05, 3.63) is 11.9 Å². The zero-order valence-electron chi connectivity index (χ0n) is 12.0. The molecule has 0 saturated carbocycles. The molecule has 0 radical (unpaired) electrons. The summed E-state index contributed by atoms with van der Waals surface area (Å²) in [5, 5.41) is 18.9. The molecular weight excluding hydrogens is 278 g/mol. The molecule has 2 N–H and O–H groups in total. The summed E-state index contributed by atoms with van der Waals surface area (Å²) in [5.41, 5.74) is 0.513. The number of urea groups is 1. The lowest BCUT2D eigenvalue weighted by molar-refractivity contribution is -0.137. The first-order chi connectivity index (χ1) is 9.94. The maximum atomic E-state index is 12.1. The first-order valence-electron chi connectivity index (χ1n) is 6.73. The fourth-order valence-electron chi connectivity index (χ4n) is 2.26. The van der Waals surface area contributed by atoms with E-state index in [9.17, 15) is 9.59 Å². The molecule has 1 aliphatic heterocycles. The van der Waals surface area contributed by atoms with E-state index in [4.69, 9.17) is 9.84 Å². The normalized spacial score (nSPS) is 22.1. The average molecular weight is 297 g/mol. The number of carbonyl (C=O) groups excluding carboxylic acids is 1. The molecule has 2 unspecified atom stereocenters. The molecule has 1 aromatic rings. The first-order valence-corrected chi connectivity index (χ1v) is 6.73. The number of ether oxygens (including phenoxy) is 1. The minimum atomic E-state index is -0.994. The summed E-state index contributed by atoms with van der Waals surface area (Å²) in [6, 6.07) is -0.190. The lowest BCUT2D eigenvalue weighted by atomic mass is 10.2. The lowest BCUT2D eigenvalue weighted by Gasteiger charge is -2.35. The summed E-state index contributed by atoms with van der Waals surface area (Å²) in [4.78, 5) is 24.3. The lowest BCUT2D eigenvalue weighted by Crippen LogP contribution is -2.51. The Morgan fingerprint density at radius 1 is 1.43 bits per heavy atom. The number of carboxylic acid groups (broad SMARTS) is 1. The second-order valence-electron chi connectivity index (χ2n) is 5.12. The Bertz CT molecular complexity index is 508. The number of hydrogen-bond acceptors (Lipinski definition) is 5. The van der Waals surface area contributed by atoms with Gasteiger partial charge in [-0.1, -0.05) is 5.21 Å². The molecule has 2 atom stereocenters. The van der Waals surface area contributed by atoms with Gasteiger partial charge in [-0.2, -0.15) is 0 Å². The van der Waals surface area contributed by atoms with Gasteiger partial charge in [-0.25, -0.2) is 9.48 Å². The maximum Gasteiger partial charge on any atom is 0.325 e. The molecule has 1 aromatic heterocycles. The van der Waals surface area contributed by atoms with Crippen LogP contribution in [-0.4, -0.2) is 62.3 Å². The molecule has 1 aliphatic rings. The molecule has 0 spiro atoms. The van der Waals surface area contributed by atoms with Crippen LogP contribution in [0.1, 0.15) is 19.5 Å². The molecule has 0 aliphatic carbocycles. The van der Waals surface area contributed by atoms with Crippen LogP contribution in [0.2, 0.25) is 0 Å². The van der Waals surface area contributed by atoms with Gasteiger partial charge in [0.15, 0.2) is 0 Å². The highest BCUT2D eigenvalue weighted by Crippen LogP contribution is 2.10.